The SMILES string of the molecule is CCCC#Cc1cnc2c(c1)C(=O)N([C@H](C)CO)C[C@@H](C)[C@H](CN(C)C(=O)CN1CCOCC1)O2. The number of unbranched alkanes of at least 4 members (excludes halogenated alkanes) is 1. The fourth-order valence-corrected chi connectivity index (χ4v) is 4.12. The van der Waals surface area contributed by atoms with Gasteiger partial charge in [0.1, 0.15) is 11.7 Å². The fourth-order valence-electron chi connectivity index (χ4n) is 4.12. The van der Waals surface area contributed by atoms with Gasteiger partial charge in [-0.15, -0.1) is 0 Å². The minimum Gasteiger partial charge on any atom is -0.472 e. The standard InChI is InChI=1S/C26H38N4O5/c1-5-6-7-8-21-13-22-25(27-14-21)35-23(19(2)15-30(26(22)33)20(3)18-31)16-28(4)24(32)17-29-9-11-34-12-10-29/h13-14,19-20,23,31H,5-6,9-12,15-18H2,1-4H3/t19-,20-,23+/m1/s1. The molecule has 3 rings (SSSR count). The van der Waals surface area contributed by atoms with E-state index in [2.05, 4.69) is 28.6 Å². The van der Waals surface area contributed by atoms with Crippen LogP contribution < -0.4 is 4.74 Å². The number of morpholine rings is 1. The van der Waals surface area contributed by atoms with Gasteiger partial charge in [0.25, 0.3) is 5.91 Å². The summed E-state index contributed by atoms with van der Waals surface area (Å²) in [7, 11) is 1.78. The molecule has 2 aliphatic rings. The number of aromatic nitrogens is 1. The van der Waals surface area contributed by atoms with E-state index in [1.807, 2.05) is 13.8 Å². The van der Waals surface area contributed by atoms with Crippen molar-refractivity contribution in [2.24, 2.45) is 5.92 Å². The predicted octanol–water partition coefficient (Wildman–Crippen LogP) is 1.24. The number of rotatable bonds is 7. The zero-order chi connectivity index (χ0) is 25.4. The van der Waals surface area contributed by atoms with Crippen LogP contribution in [-0.4, -0.2) is 108 Å². The average Bonchev–Trinajstić information content (AvgIpc) is 2.86. The van der Waals surface area contributed by atoms with Crippen LogP contribution in [0.3, 0.4) is 0 Å². The molecule has 0 saturated carbocycles. The molecule has 0 radical (unpaired) electrons. The van der Waals surface area contributed by atoms with Crippen molar-refractivity contribution in [2.75, 3.05) is 59.6 Å². The van der Waals surface area contributed by atoms with Crippen molar-refractivity contribution in [3.8, 4) is 17.7 Å². The number of nitrogens with zero attached hydrogens (tertiary/aromatic N) is 4. The number of aliphatic hydroxyl groups is 1. The maximum absolute atomic E-state index is 13.4. The number of hydrogen-bond acceptors (Lipinski definition) is 7. The third-order valence-corrected chi connectivity index (χ3v) is 6.47. The summed E-state index contributed by atoms with van der Waals surface area (Å²) in [5.74, 6) is 6.05. The smallest absolute Gasteiger partial charge is 0.259 e. The van der Waals surface area contributed by atoms with Gasteiger partial charge in [-0.05, 0) is 19.4 Å². The molecule has 0 aromatic carbocycles. The molecule has 3 heterocycles. The van der Waals surface area contributed by atoms with E-state index >= 15 is 0 Å². The number of carbonyl (C=O) groups excluding carboxylic acids is 2. The molecule has 2 aliphatic heterocycles. The Hall–Kier alpha value is -2.67. The van der Waals surface area contributed by atoms with Crippen molar-refractivity contribution < 1.29 is 24.2 Å². The van der Waals surface area contributed by atoms with E-state index in [0.29, 0.717) is 44.0 Å². The summed E-state index contributed by atoms with van der Waals surface area (Å²) in [6, 6.07) is 1.34. The van der Waals surface area contributed by atoms with Gasteiger partial charge in [-0.25, -0.2) is 4.98 Å². The number of hydrogen-bond donors (Lipinski definition) is 1. The first kappa shape index (κ1) is 26.9. The highest BCUT2D eigenvalue weighted by atomic mass is 16.5. The monoisotopic (exact) mass is 486 g/mol. The van der Waals surface area contributed by atoms with E-state index < -0.39 is 0 Å². The number of ether oxygens (including phenoxy) is 2. The van der Waals surface area contributed by atoms with E-state index in [9.17, 15) is 14.7 Å². The summed E-state index contributed by atoms with van der Waals surface area (Å²) in [4.78, 5) is 36.2. The molecule has 192 valence electrons. The first-order chi connectivity index (χ1) is 16.8. The van der Waals surface area contributed by atoms with Gasteiger partial charge in [-0.1, -0.05) is 25.7 Å². The summed E-state index contributed by atoms with van der Waals surface area (Å²) in [6.45, 7) is 9.56. The summed E-state index contributed by atoms with van der Waals surface area (Å²) >= 11 is 0. The third kappa shape index (κ3) is 7.17. The second-order valence-electron chi connectivity index (χ2n) is 9.41. The summed E-state index contributed by atoms with van der Waals surface area (Å²) in [5, 5.41) is 9.81. The average molecular weight is 487 g/mol. The lowest BCUT2D eigenvalue weighted by Crippen LogP contribution is -2.51. The van der Waals surface area contributed by atoms with Crippen molar-refractivity contribution in [1.29, 1.82) is 0 Å². The molecule has 1 aromatic heterocycles. The molecule has 1 saturated heterocycles. The van der Waals surface area contributed by atoms with E-state index in [4.69, 9.17) is 9.47 Å². The van der Waals surface area contributed by atoms with E-state index in [1.54, 1.807) is 29.1 Å². The number of pyridine rings is 1. The molecule has 3 atom stereocenters. The largest absolute Gasteiger partial charge is 0.472 e. The summed E-state index contributed by atoms with van der Waals surface area (Å²) in [6.07, 6.45) is 2.95. The maximum atomic E-state index is 13.4. The molecule has 9 heteroatoms. The second-order valence-corrected chi connectivity index (χ2v) is 9.41. The van der Waals surface area contributed by atoms with E-state index in [0.717, 1.165) is 25.9 Å². The van der Waals surface area contributed by atoms with Crippen LogP contribution in [0.25, 0.3) is 0 Å². The number of carbonyl (C=O) groups is 2. The van der Waals surface area contributed by atoms with Gasteiger partial charge in [0.05, 0.1) is 39.0 Å². The molecule has 35 heavy (non-hydrogen) atoms. The first-order valence-electron chi connectivity index (χ1n) is 12.5. The normalized spacial score (nSPS) is 21.6. The molecule has 1 aromatic rings. The van der Waals surface area contributed by atoms with Crippen molar-refractivity contribution >= 4 is 11.8 Å². The number of aliphatic hydroxyl groups excluding tert-OH is 1. The van der Waals surface area contributed by atoms with Crippen LogP contribution in [0, 0.1) is 17.8 Å². The van der Waals surface area contributed by atoms with Crippen LogP contribution in [0.5, 0.6) is 5.88 Å². The fraction of sp³-hybridized carbons (Fsp3) is 0.654. The van der Waals surface area contributed by atoms with Gasteiger partial charge in [0, 0.05) is 50.8 Å². The Balaban J connectivity index is 1.83. The zero-order valence-electron chi connectivity index (χ0n) is 21.3. The van der Waals surface area contributed by atoms with Gasteiger partial charge >= 0.3 is 0 Å². The lowest BCUT2D eigenvalue weighted by molar-refractivity contribution is -0.133. The Morgan fingerprint density at radius 3 is 2.80 bits per heavy atom. The minimum atomic E-state index is -0.376. The Morgan fingerprint density at radius 1 is 1.37 bits per heavy atom. The lowest BCUT2D eigenvalue weighted by Gasteiger charge is -2.38. The molecule has 1 N–H and O–H groups in total. The van der Waals surface area contributed by atoms with Crippen LogP contribution in [0.4, 0.5) is 0 Å². The molecule has 0 unspecified atom stereocenters. The van der Waals surface area contributed by atoms with Crippen molar-refractivity contribution in [3.05, 3.63) is 23.4 Å². The topological polar surface area (TPSA) is 95.4 Å². The third-order valence-electron chi connectivity index (χ3n) is 6.47. The van der Waals surface area contributed by atoms with Gasteiger partial charge in [-0.3, -0.25) is 14.5 Å². The number of amides is 2. The molecular formula is C26H38N4O5. The Labute approximate surface area is 208 Å². The maximum Gasteiger partial charge on any atom is 0.259 e. The summed E-state index contributed by atoms with van der Waals surface area (Å²) in [5.41, 5.74) is 0.974. The van der Waals surface area contributed by atoms with Gasteiger partial charge in [0.15, 0.2) is 0 Å². The van der Waals surface area contributed by atoms with Gasteiger partial charge in [-0.2, -0.15) is 0 Å². The molecule has 1 fully saturated rings. The lowest BCUT2D eigenvalue weighted by atomic mass is 10.00. The van der Waals surface area contributed by atoms with E-state index in [-0.39, 0.29) is 42.4 Å². The molecule has 2 amide bonds. The minimum absolute atomic E-state index is 0.0103. The molecule has 0 bridgehead atoms. The Bertz CT molecular complexity index is 937. The van der Waals surface area contributed by atoms with Crippen LogP contribution in [-0.2, 0) is 9.53 Å². The molecule has 9 nitrogen and oxygen atoms in total. The molecule has 0 spiro atoms. The quantitative estimate of drug-likeness (QED) is 0.580. The Kier molecular flexibility index (Phi) is 9.90. The summed E-state index contributed by atoms with van der Waals surface area (Å²) < 4.78 is 11.6. The highest BCUT2D eigenvalue weighted by Crippen LogP contribution is 2.27. The first-order valence-corrected chi connectivity index (χ1v) is 12.5. The van der Waals surface area contributed by atoms with Crippen LogP contribution in [0.2, 0.25) is 0 Å². The predicted molar refractivity (Wildman–Crippen MR) is 132 cm³/mol. The Morgan fingerprint density at radius 2 is 2.11 bits per heavy atom. The molecule has 0 aliphatic carbocycles. The second kappa shape index (κ2) is 12.9. The number of fused-ring (bicyclic) bond motifs is 1. The highest BCUT2D eigenvalue weighted by molar-refractivity contribution is 5.97. The van der Waals surface area contributed by atoms with Crippen molar-refractivity contribution in [3.63, 3.8) is 0 Å². The van der Waals surface area contributed by atoms with Crippen LogP contribution >= 0.6 is 0 Å². The van der Waals surface area contributed by atoms with Gasteiger partial charge < -0.3 is 24.4 Å². The van der Waals surface area contributed by atoms with Crippen LogP contribution in [0.15, 0.2) is 12.3 Å². The van der Waals surface area contributed by atoms with Crippen molar-refractivity contribution in [2.45, 2.75) is 45.8 Å². The zero-order valence-corrected chi connectivity index (χ0v) is 21.3. The van der Waals surface area contributed by atoms with Gasteiger partial charge in [0.2, 0.25) is 11.8 Å². The number of likely N-dealkylation sites (N-methyl/N-ethyl adjacent to an activating group) is 1. The highest BCUT2D eigenvalue weighted by Gasteiger charge is 2.34. The van der Waals surface area contributed by atoms with Crippen LogP contribution in [0.1, 0.15) is 49.5 Å². The molecular weight excluding hydrogens is 448 g/mol. The van der Waals surface area contributed by atoms with Crippen molar-refractivity contribution in [1.82, 2.24) is 19.7 Å². The van der Waals surface area contributed by atoms with E-state index in [1.165, 1.54) is 0 Å².